The number of carbonyl (C=O) groups is 1. The Balaban J connectivity index is 1.90. The molecule has 2 unspecified atom stereocenters. The SMILES string of the molecule is CC1CN(C)CCCN1CC1CCCCC1=O. The second-order valence-electron chi connectivity index (χ2n) is 5.87. The van der Waals surface area contributed by atoms with E-state index in [1.807, 2.05) is 0 Å². The van der Waals surface area contributed by atoms with Crippen LogP contribution in [0, 0.1) is 5.92 Å². The molecule has 0 aromatic carbocycles. The molecule has 1 aliphatic heterocycles. The highest BCUT2D eigenvalue weighted by Gasteiger charge is 2.27. The van der Waals surface area contributed by atoms with Crippen LogP contribution in [0.4, 0.5) is 0 Å². The van der Waals surface area contributed by atoms with E-state index in [9.17, 15) is 4.79 Å². The lowest BCUT2D eigenvalue weighted by molar-refractivity contribution is -0.125. The lowest BCUT2D eigenvalue weighted by Crippen LogP contribution is -2.42. The minimum absolute atomic E-state index is 0.328. The first-order valence-electron chi connectivity index (χ1n) is 7.12. The molecule has 3 heteroatoms. The molecule has 0 bridgehead atoms. The van der Waals surface area contributed by atoms with Crippen LogP contribution in [0.25, 0.3) is 0 Å². The quantitative estimate of drug-likeness (QED) is 0.732. The van der Waals surface area contributed by atoms with Gasteiger partial charge in [-0.2, -0.15) is 0 Å². The molecule has 98 valence electrons. The predicted octanol–water partition coefficient (Wildman–Crippen LogP) is 1.77. The van der Waals surface area contributed by atoms with Gasteiger partial charge in [-0.25, -0.2) is 0 Å². The van der Waals surface area contributed by atoms with Gasteiger partial charge in [-0.3, -0.25) is 9.69 Å². The fourth-order valence-corrected chi connectivity index (χ4v) is 3.22. The van der Waals surface area contributed by atoms with Crippen molar-refractivity contribution in [1.82, 2.24) is 9.80 Å². The van der Waals surface area contributed by atoms with E-state index in [0.29, 0.717) is 17.7 Å². The maximum absolute atomic E-state index is 11.9. The molecule has 17 heavy (non-hydrogen) atoms. The fraction of sp³-hybridized carbons (Fsp3) is 0.929. The van der Waals surface area contributed by atoms with Gasteiger partial charge in [-0.1, -0.05) is 6.42 Å². The monoisotopic (exact) mass is 238 g/mol. The zero-order valence-corrected chi connectivity index (χ0v) is 11.3. The zero-order valence-electron chi connectivity index (χ0n) is 11.3. The summed E-state index contributed by atoms with van der Waals surface area (Å²) in [6.45, 7) is 6.80. The van der Waals surface area contributed by atoms with Crippen LogP contribution in [-0.4, -0.2) is 54.9 Å². The first-order chi connectivity index (χ1) is 8.16. The number of nitrogens with zero attached hydrogens (tertiary/aromatic N) is 2. The minimum Gasteiger partial charge on any atom is -0.305 e. The average Bonchev–Trinajstić information content (AvgIpc) is 2.44. The van der Waals surface area contributed by atoms with Gasteiger partial charge < -0.3 is 4.90 Å². The van der Waals surface area contributed by atoms with E-state index in [-0.39, 0.29) is 0 Å². The summed E-state index contributed by atoms with van der Waals surface area (Å²) < 4.78 is 0. The highest BCUT2D eigenvalue weighted by Crippen LogP contribution is 2.23. The topological polar surface area (TPSA) is 23.6 Å². The molecule has 3 nitrogen and oxygen atoms in total. The van der Waals surface area contributed by atoms with E-state index >= 15 is 0 Å². The van der Waals surface area contributed by atoms with E-state index in [1.165, 1.54) is 19.4 Å². The molecule has 1 saturated heterocycles. The predicted molar refractivity (Wildman–Crippen MR) is 70.1 cm³/mol. The molecule has 0 amide bonds. The summed E-state index contributed by atoms with van der Waals surface area (Å²) in [6.07, 6.45) is 5.55. The standard InChI is InChI=1S/C14H26N2O/c1-12-10-15(2)8-5-9-16(12)11-13-6-3-4-7-14(13)17/h12-13H,3-11H2,1-2H3. The first kappa shape index (κ1) is 13.0. The van der Waals surface area contributed by atoms with Gasteiger partial charge in [0.15, 0.2) is 0 Å². The number of hydrogen-bond donors (Lipinski definition) is 0. The molecule has 2 aliphatic rings. The van der Waals surface area contributed by atoms with Crippen molar-refractivity contribution in [3.8, 4) is 0 Å². The molecule has 1 heterocycles. The van der Waals surface area contributed by atoms with Crippen LogP contribution in [0.3, 0.4) is 0 Å². The van der Waals surface area contributed by atoms with Crippen molar-refractivity contribution >= 4 is 5.78 Å². The third-order valence-corrected chi connectivity index (χ3v) is 4.32. The number of ketones is 1. The summed E-state index contributed by atoms with van der Waals surface area (Å²) in [5.41, 5.74) is 0. The summed E-state index contributed by atoms with van der Waals surface area (Å²) in [5.74, 6) is 0.843. The summed E-state index contributed by atoms with van der Waals surface area (Å²) in [4.78, 5) is 16.8. The number of hydrogen-bond acceptors (Lipinski definition) is 3. The summed E-state index contributed by atoms with van der Waals surface area (Å²) in [6, 6.07) is 0.595. The maximum Gasteiger partial charge on any atom is 0.137 e. The normalized spacial score (nSPS) is 33.6. The summed E-state index contributed by atoms with van der Waals surface area (Å²) >= 11 is 0. The first-order valence-corrected chi connectivity index (χ1v) is 7.12. The zero-order chi connectivity index (χ0) is 12.3. The molecular weight excluding hydrogens is 212 g/mol. The number of Topliss-reactive ketones (excluding diaryl/α,β-unsaturated/α-hetero) is 1. The van der Waals surface area contributed by atoms with Crippen molar-refractivity contribution < 1.29 is 4.79 Å². The number of likely N-dealkylation sites (N-methyl/N-ethyl adjacent to an activating group) is 1. The Morgan fingerprint density at radius 1 is 1.24 bits per heavy atom. The second kappa shape index (κ2) is 5.96. The molecule has 1 aliphatic carbocycles. The Kier molecular flexibility index (Phi) is 4.57. The van der Waals surface area contributed by atoms with Gasteiger partial charge in [0, 0.05) is 31.5 Å². The van der Waals surface area contributed by atoms with E-state index in [0.717, 1.165) is 38.9 Å². The number of rotatable bonds is 2. The highest BCUT2D eigenvalue weighted by atomic mass is 16.1. The van der Waals surface area contributed by atoms with Crippen molar-refractivity contribution in [2.24, 2.45) is 5.92 Å². The van der Waals surface area contributed by atoms with Gasteiger partial charge in [0.2, 0.25) is 0 Å². The Labute approximate surface area is 105 Å². The van der Waals surface area contributed by atoms with Crippen molar-refractivity contribution in [3.63, 3.8) is 0 Å². The number of carbonyl (C=O) groups excluding carboxylic acids is 1. The van der Waals surface area contributed by atoms with Crippen molar-refractivity contribution in [1.29, 1.82) is 0 Å². The average molecular weight is 238 g/mol. The van der Waals surface area contributed by atoms with E-state index < -0.39 is 0 Å². The van der Waals surface area contributed by atoms with Crippen molar-refractivity contribution in [3.05, 3.63) is 0 Å². The summed E-state index contributed by atoms with van der Waals surface area (Å²) in [7, 11) is 2.20. The Morgan fingerprint density at radius 2 is 2.06 bits per heavy atom. The molecule has 0 aromatic rings. The molecule has 2 fully saturated rings. The third kappa shape index (κ3) is 3.52. The Morgan fingerprint density at radius 3 is 2.82 bits per heavy atom. The molecule has 2 rings (SSSR count). The molecule has 0 N–H and O–H groups in total. The largest absolute Gasteiger partial charge is 0.305 e. The van der Waals surface area contributed by atoms with Crippen LogP contribution in [0.15, 0.2) is 0 Å². The summed E-state index contributed by atoms with van der Waals surface area (Å²) in [5, 5.41) is 0. The Hall–Kier alpha value is -0.410. The molecule has 0 spiro atoms. The van der Waals surface area contributed by atoms with Crippen LogP contribution in [0.2, 0.25) is 0 Å². The highest BCUT2D eigenvalue weighted by molar-refractivity contribution is 5.81. The minimum atomic E-state index is 0.328. The smallest absolute Gasteiger partial charge is 0.137 e. The molecular formula is C14H26N2O. The van der Waals surface area contributed by atoms with Crippen LogP contribution < -0.4 is 0 Å². The van der Waals surface area contributed by atoms with Crippen LogP contribution in [-0.2, 0) is 4.79 Å². The van der Waals surface area contributed by atoms with Crippen molar-refractivity contribution in [2.45, 2.75) is 45.1 Å². The lowest BCUT2D eigenvalue weighted by Gasteiger charge is -2.32. The van der Waals surface area contributed by atoms with Gasteiger partial charge in [0.25, 0.3) is 0 Å². The van der Waals surface area contributed by atoms with E-state index in [1.54, 1.807) is 0 Å². The molecule has 2 atom stereocenters. The lowest BCUT2D eigenvalue weighted by atomic mass is 9.87. The van der Waals surface area contributed by atoms with E-state index in [4.69, 9.17) is 0 Å². The van der Waals surface area contributed by atoms with Crippen molar-refractivity contribution in [2.75, 3.05) is 33.2 Å². The second-order valence-corrected chi connectivity index (χ2v) is 5.87. The molecule has 0 radical (unpaired) electrons. The van der Waals surface area contributed by atoms with Crippen LogP contribution in [0.1, 0.15) is 39.0 Å². The van der Waals surface area contributed by atoms with Gasteiger partial charge in [0.1, 0.15) is 5.78 Å². The third-order valence-electron chi connectivity index (χ3n) is 4.32. The molecule has 0 aromatic heterocycles. The van der Waals surface area contributed by atoms with Gasteiger partial charge in [-0.15, -0.1) is 0 Å². The van der Waals surface area contributed by atoms with E-state index in [2.05, 4.69) is 23.8 Å². The van der Waals surface area contributed by atoms with Gasteiger partial charge in [0.05, 0.1) is 0 Å². The van der Waals surface area contributed by atoms with Crippen LogP contribution >= 0.6 is 0 Å². The van der Waals surface area contributed by atoms with Crippen LogP contribution in [0.5, 0.6) is 0 Å². The fourth-order valence-electron chi connectivity index (χ4n) is 3.22. The maximum atomic E-state index is 11.9. The Bertz CT molecular complexity index is 267. The van der Waals surface area contributed by atoms with Gasteiger partial charge in [-0.05, 0) is 46.3 Å². The van der Waals surface area contributed by atoms with Gasteiger partial charge >= 0.3 is 0 Å². The molecule has 1 saturated carbocycles.